The van der Waals surface area contributed by atoms with Gasteiger partial charge in [-0.25, -0.2) is 9.79 Å². The number of aromatic hydroxyl groups is 1. The van der Waals surface area contributed by atoms with Gasteiger partial charge in [0.15, 0.2) is 0 Å². The minimum atomic E-state index is -4.70. The van der Waals surface area contributed by atoms with Crippen molar-refractivity contribution < 1.29 is 32.8 Å². The van der Waals surface area contributed by atoms with Crippen molar-refractivity contribution >= 4 is 27.7 Å². The molecular formula is C26H18N2O7S. The largest absolute Gasteiger partial charge is 0.494 e. The molecule has 0 spiro atoms. The Bertz CT molecular complexity index is 1670. The average molecular weight is 503 g/mol. The molecule has 180 valence electrons. The Balaban J connectivity index is 1.75. The minimum absolute atomic E-state index is 0.175. The summed E-state index contributed by atoms with van der Waals surface area (Å²) in [6.45, 7) is -0.192. The summed E-state index contributed by atoms with van der Waals surface area (Å²) in [5.74, 6) is -2.22. The van der Waals surface area contributed by atoms with Crippen molar-refractivity contribution in [1.82, 2.24) is 4.57 Å². The molecular weight excluding hydrogens is 484 g/mol. The van der Waals surface area contributed by atoms with E-state index in [0.29, 0.717) is 22.5 Å². The van der Waals surface area contributed by atoms with Gasteiger partial charge in [0.1, 0.15) is 0 Å². The summed E-state index contributed by atoms with van der Waals surface area (Å²) in [6.07, 6.45) is 0. The third-order valence-corrected chi connectivity index (χ3v) is 6.68. The van der Waals surface area contributed by atoms with E-state index in [-0.39, 0.29) is 34.7 Å². The number of aromatic carboxylic acids is 1. The highest BCUT2D eigenvalue weighted by Crippen LogP contribution is 2.41. The fourth-order valence-electron chi connectivity index (χ4n) is 4.31. The summed E-state index contributed by atoms with van der Waals surface area (Å²) >= 11 is 0. The van der Waals surface area contributed by atoms with Crippen molar-refractivity contribution in [3.05, 3.63) is 107 Å². The fourth-order valence-corrected chi connectivity index (χ4v) is 4.89. The quantitative estimate of drug-likeness (QED) is 0.340. The first-order chi connectivity index (χ1) is 17.1. The van der Waals surface area contributed by atoms with Crippen LogP contribution in [0.2, 0.25) is 0 Å². The Morgan fingerprint density at radius 3 is 2.08 bits per heavy atom. The van der Waals surface area contributed by atoms with Crippen molar-refractivity contribution in [2.75, 3.05) is 0 Å². The summed E-state index contributed by atoms with van der Waals surface area (Å²) in [7, 11) is -4.70. The van der Waals surface area contributed by atoms with Crippen LogP contribution in [0.3, 0.4) is 0 Å². The molecule has 0 bridgehead atoms. The Labute approximate surface area is 205 Å². The lowest BCUT2D eigenvalue weighted by atomic mass is 10.0. The molecule has 0 saturated carbocycles. The zero-order valence-electron chi connectivity index (χ0n) is 18.5. The van der Waals surface area contributed by atoms with E-state index in [2.05, 4.69) is 4.99 Å². The van der Waals surface area contributed by atoms with Crippen molar-refractivity contribution in [3.8, 4) is 17.1 Å². The van der Waals surface area contributed by atoms with Crippen molar-refractivity contribution in [2.45, 2.75) is 11.4 Å². The van der Waals surface area contributed by atoms with Crippen LogP contribution in [0.15, 0.2) is 88.8 Å². The molecule has 1 aromatic heterocycles. The van der Waals surface area contributed by atoms with Crippen molar-refractivity contribution in [3.63, 3.8) is 0 Å². The molecule has 10 heteroatoms. The molecule has 1 aliphatic heterocycles. The number of amides is 1. The molecule has 1 aliphatic rings. The second-order valence-electron chi connectivity index (χ2n) is 8.15. The number of aliphatic imine (C=N–C) groups is 1. The molecule has 9 nitrogen and oxygen atoms in total. The molecule has 0 atom stereocenters. The van der Waals surface area contributed by atoms with E-state index in [0.717, 1.165) is 12.1 Å². The maximum atomic E-state index is 13.1. The molecule has 4 aromatic rings. The molecule has 0 aliphatic carbocycles. The first kappa shape index (κ1) is 23.2. The third kappa shape index (κ3) is 3.98. The van der Waals surface area contributed by atoms with Gasteiger partial charge >= 0.3 is 5.97 Å². The number of hydrogen-bond donors (Lipinski definition) is 3. The molecule has 36 heavy (non-hydrogen) atoms. The number of carbonyl (C=O) groups is 2. The Hall–Kier alpha value is -4.54. The first-order valence-electron chi connectivity index (χ1n) is 10.7. The number of aromatic nitrogens is 1. The van der Waals surface area contributed by atoms with Crippen LogP contribution < -0.4 is 0 Å². The number of carbonyl (C=O) groups excluding carboxylic acids is 1. The summed E-state index contributed by atoms with van der Waals surface area (Å²) < 4.78 is 34.5. The van der Waals surface area contributed by atoms with Gasteiger partial charge in [-0.3, -0.25) is 9.35 Å². The molecule has 3 aromatic carbocycles. The van der Waals surface area contributed by atoms with E-state index < -0.39 is 26.9 Å². The first-order valence-corrected chi connectivity index (χ1v) is 12.1. The van der Waals surface area contributed by atoms with Gasteiger partial charge in [-0.15, -0.1) is 0 Å². The number of carboxylic acid groups (broad SMARTS) is 1. The van der Waals surface area contributed by atoms with Crippen molar-refractivity contribution in [1.29, 1.82) is 0 Å². The lowest BCUT2D eigenvalue weighted by Crippen LogP contribution is -2.09. The number of fused-ring (bicyclic) bond motifs is 1. The summed E-state index contributed by atoms with van der Waals surface area (Å²) in [6, 6.07) is 20.9. The molecule has 2 heterocycles. The van der Waals surface area contributed by atoms with Crippen LogP contribution in [-0.2, 0) is 16.7 Å². The maximum absolute atomic E-state index is 13.1. The SMILES string of the molecule is O=C(O)c1cc(Cn2c(O)c3c(c2-c2ccccc2)C(=O)N=C3c2ccccc2)cc(S(=O)(=O)O)c1. The van der Waals surface area contributed by atoms with Crippen LogP contribution in [0, 0.1) is 0 Å². The topological polar surface area (TPSA) is 146 Å². The van der Waals surface area contributed by atoms with Crippen LogP contribution in [0.5, 0.6) is 5.88 Å². The van der Waals surface area contributed by atoms with Gasteiger partial charge in [0.05, 0.1) is 39.5 Å². The number of carboxylic acids is 1. The highest BCUT2D eigenvalue weighted by atomic mass is 32.2. The normalized spacial score (nSPS) is 12.9. The second kappa shape index (κ2) is 8.59. The molecule has 5 rings (SSSR count). The Morgan fingerprint density at radius 2 is 1.50 bits per heavy atom. The highest BCUT2D eigenvalue weighted by Gasteiger charge is 2.36. The molecule has 0 unspecified atom stereocenters. The third-order valence-electron chi connectivity index (χ3n) is 5.85. The van der Waals surface area contributed by atoms with Gasteiger partial charge in [-0.05, 0) is 29.3 Å². The standard InChI is InChI=1S/C26H18N2O7S/c29-24-21-20(22(27-24)16-7-3-1-4-8-16)25(30)28(23(21)17-9-5-2-6-10-17)14-15-11-18(26(31)32)13-19(12-15)36(33,34)35/h1-13,30H,14H2,(H,31,32)(H,33,34,35). The predicted octanol–water partition coefficient (Wildman–Crippen LogP) is 3.85. The van der Waals surface area contributed by atoms with E-state index >= 15 is 0 Å². The van der Waals surface area contributed by atoms with Crippen LogP contribution in [0.4, 0.5) is 0 Å². The number of benzene rings is 3. The lowest BCUT2D eigenvalue weighted by molar-refractivity contribution is 0.0696. The van der Waals surface area contributed by atoms with Crippen LogP contribution in [0.1, 0.15) is 37.4 Å². The minimum Gasteiger partial charge on any atom is -0.494 e. The Kier molecular flexibility index (Phi) is 5.54. The molecule has 3 N–H and O–H groups in total. The van der Waals surface area contributed by atoms with Gasteiger partial charge in [0.25, 0.3) is 16.0 Å². The van der Waals surface area contributed by atoms with E-state index in [9.17, 15) is 32.8 Å². The molecule has 1 amide bonds. The number of rotatable bonds is 6. The monoisotopic (exact) mass is 502 g/mol. The summed E-state index contributed by atoms with van der Waals surface area (Å²) in [5.41, 5.74) is 2.09. The highest BCUT2D eigenvalue weighted by molar-refractivity contribution is 7.85. The number of nitrogens with zero attached hydrogens (tertiary/aromatic N) is 2. The van der Waals surface area contributed by atoms with Crippen LogP contribution in [-0.4, -0.2) is 45.3 Å². The predicted molar refractivity (Wildman–Crippen MR) is 130 cm³/mol. The van der Waals surface area contributed by atoms with Gasteiger partial charge in [0, 0.05) is 5.56 Å². The zero-order chi connectivity index (χ0) is 25.6. The smallest absolute Gasteiger partial charge is 0.335 e. The number of hydrogen-bond acceptors (Lipinski definition) is 5. The van der Waals surface area contributed by atoms with Crippen LogP contribution >= 0.6 is 0 Å². The van der Waals surface area contributed by atoms with Gasteiger partial charge in [-0.1, -0.05) is 60.7 Å². The van der Waals surface area contributed by atoms with Gasteiger partial charge in [-0.2, -0.15) is 8.42 Å². The molecule has 0 fully saturated rings. The summed E-state index contributed by atoms with van der Waals surface area (Å²) in [4.78, 5) is 28.3. The maximum Gasteiger partial charge on any atom is 0.335 e. The zero-order valence-corrected chi connectivity index (χ0v) is 19.3. The van der Waals surface area contributed by atoms with Crippen LogP contribution in [0.25, 0.3) is 11.3 Å². The van der Waals surface area contributed by atoms with Crippen molar-refractivity contribution in [2.24, 2.45) is 4.99 Å². The van der Waals surface area contributed by atoms with Gasteiger partial charge < -0.3 is 14.8 Å². The molecule has 0 radical (unpaired) electrons. The fraction of sp³-hybridized carbons (Fsp3) is 0.0385. The summed E-state index contributed by atoms with van der Waals surface area (Å²) in [5, 5.41) is 20.8. The molecule has 0 saturated heterocycles. The lowest BCUT2D eigenvalue weighted by Gasteiger charge is -2.14. The Morgan fingerprint density at radius 1 is 0.889 bits per heavy atom. The second-order valence-corrected chi connectivity index (χ2v) is 9.57. The van der Waals surface area contributed by atoms with E-state index in [1.807, 2.05) is 6.07 Å². The van der Waals surface area contributed by atoms with E-state index in [4.69, 9.17) is 0 Å². The van der Waals surface area contributed by atoms with Gasteiger partial charge in [0.2, 0.25) is 5.88 Å². The van der Waals surface area contributed by atoms with E-state index in [1.54, 1.807) is 54.6 Å². The average Bonchev–Trinajstić information content (AvgIpc) is 3.34. The van der Waals surface area contributed by atoms with E-state index in [1.165, 1.54) is 10.6 Å².